The van der Waals surface area contributed by atoms with Crippen molar-refractivity contribution in [1.82, 2.24) is 10.3 Å². The molecule has 0 unspecified atom stereocenters. The van der Waals surface area contributed by atoms with Crippen molar-refractivity contribution in [1.29, 1.82) is 0 Å². The summed E-state index contributed by atoms with van der Waals surface area (Å²) < 4.78 is 13.6. The van der Waals surface area contributed by atoms with Crippen LogP contribution < -0.4 is 5.32 Å². The number of carbonyl (C=O) groups is 1. The van der Waals surface area contributed by atoms with Gasteiger partial charge in [0.05, 0.1) is 16.7 Å². The van der Waals surface area contributed by atoms with Crippen LogP contribution in [0.25, 0.3) is 0 Å². The molecule has 0 saturated heterocycles. The van der Waals surface area contributed by atoms with E-state index in [1.807, 2.05) is 12.1 Å². The molecule has 0 aliphatic heterocycles. The normalized spacial score (nSPS) is 10.1. The van der Waals surface area contributed by atoms with Crippen LogP contribution in [0.5, 0.6) is 0 Å². The Morgan fingerprint density at radius 1 is 1.33 bits per heavy atom. The zero-order valence-corrected chi connectivity index (χ0v) is 10.9. The summed E-state index contributed by atoms with van der Waals surface area (Å²) in [5.41, 5.74) is 1.04. The van der Waals surface area contributed by atoms with Crippen molar-refractivity contribution in [2.24, 2.45) is 0 Å². The third-order valence-corrected chi connectivity index (χ3v) is 2.98. The molecule has 0 spiro atoms. The first-order valence-corrected chi connectivity index (χ1v) is 6.09. The van der Waals surface area contributed by atoms with E-state index in [0.717, 1.165) is 5.69 Å². The van der Waals surface area contributed by atoms with Gasteiger partial charge < -0.3 is 5.32 Å². The first-order valence-electron chi connectivity index (χ1n) is 5.30. The summed E-state index contributed by atoms with van der Waals surface area (Å²) in [6.45, 7) is 0.317. The average Bonchev–Trinajstić information content (AvgIpc) is 2.40. The quantitative estimate of drug-likeness (QED) is 0.947. The zero-order valence-electron chi connectivity index (χ0n) is 9.36. The molecule has 0 saturated carbocycles. The second kappa shape index (κ2) is 5.73. The van der Waals surface area contributed by atoms with Crippen molar-refractivity contribution < 1.29 is 9.18 Å². The van der Waals surface area contributed by atoms with E-state index in [1.54, 1.807) is 18.3 Å². The van der Waals surface area contributed by atoms with E-state index in [4.69, 9.17) is 0 Å². The summed E-state index contributed by atoms with van der Waals surface area (Å²) in [6, 6.07) is 9.70. The van der Waals surface area contributed by atoms with Crippen LogP contribution in [0, 0.1) is 5.82 Å². The third kappa shape index (κ3) is 3.13. The lowest BCUT2D eigenvalue weighted by Crippen LogP contribution is -2.23. The van der Waals surface area contributed by atoms with Gasteiger partial charge in [-0.25, -0.2) is 4.39 Å². The van der Waals surface area contributed by atoms with Gasteiger partial charge in [0.25, 0.3) is 5.91 Å². The Hall–Kier alpha value is -1.75. The summed E-state index contributed by atoms with van der Waals surface area (Å²) in [7, 11) is 0. The van der Waals surface area contributed by atoms with Crippen molar-refractivity contribution in [2.75, 3.05) is 0 Å². The second-order valence-corrected chi connectivity index (χ2v) is 4.49. The monoisotopic (exact) mass is 308 g/mol. The highest BCUT2D eigenvalue weighted by atomic mass is 79.9. The number of nitrogens with zero attached hydrogens (tertiary/aromatic N) is 1. The predicted molar refractivity (Wildman–Crippen MR) is 69.5 cm³/mol. The van der Waals surface area contributed by atoms with E-state index in [9.17, 15) is 9.18 Å². The molecule has 92 valence electrons. The molecule has 1 aromatic carbocycles. The van der Waals surface area contributed by atoms with Crippen molar-refractivity contribution in [2.45, 2.75) is 6.54 Å². The van der Waals surface area contributed by atoms with E-state index < -0.39 is 5.82 Å². The number of hydrogen-bond acceptors (Lipinski definition) is 2. The molecule has 0 aliphatic carbocycles. The third-order valence-electron chi connectivity index (χ3n) is 2.34. The van der Waals surface area contributed by atoms with Crippen LogP contribution in [0.3, 0.4) is 0 Å². The van der Waals surface area contributed by atoms with Gasteiger partial charge in [-0.1, -0.05) is 6.07 Å². The SMILES string of the molecule is O=C(NCc1ccccn1)c1ccc(Br)c(F)c1. The molecule has 5 heteroatoms. The molecule has 1 amide bonds. The summed E-state index contributed by atoms with van der Waals surface area (Å²) >= 11 is 3.04. The smallest absolute Gasteiger partial charge is 0.251 e. The Labute approximate surface area is 112 Å². The number of rotatable bonds is 3. The number of hydrogen-bond donors (Lipinski definition) is 1. The maximum atomic E-state index is 13.3. The Balaban J connectivity index is 2.02. The summed E-state index contributed by atoms with van der Waals surface area (Å²) in [4.78, 5) is 15.8. The standard InChI is InChI=1S/C13H10BrFN2O/c14-11-5-4-9(7-12(11)15)13(18)17-8-10-3-1-2-6-16-10/h1-7H,8H2,(H,17,18). The number of halogens is 2. The van der Waals surface area contributed by atoms with Crippen molar-refractivity contribution >= 4 is 21.8 Å². The highest BCUT2D eigenvalue weighted by Crippen LogP contribution is 2.16. The molecule has 1 N–H and O–H groups in total. The molecule has 0 atom stereocenters. The minimum Gasteiger partial charge on any atom is -0.346 e. The molecule has 1 heterocycles. The van der Waals surface area contributed by atoms with Crippen LogP contribution in [-0.4, -0.2) is 10.9 Å². The van der Waals surface area contributed by atoms with Crippen LogP contribution in [-0.2, 0) is 6.54 Å². The Kier molecular flexibility index (Phi) is 4.04. The second-order valence-electron chi connectivity index (χ2n) is 3.63. The fourth-order valence-corrected chi connectivity index (χ4v) is 1.66. The largest absolute Gasteiger partial charge is 0.346 e. The zero-order chi connectivity index (χ0) is 13.0. The van der Waals surface area contributed by atoms with Gasteiger partial charge in [0.1, 0.15) is 5.82 Å². The fraction of sp³-hybridized carbons (Fsp3) is 0.0769. The number of aromatic nitrogens is 1. The van der Waals surface area contributed by atoms with Crippen LogP contribution in [0.4, 0.5) is 4.39 Å². The Bertz CT molecular complexity index is 560. The first kappa shape index (κ1) is 12.7. The Morgan fingerprint density at radius 2 is 2.17 bits per heavy atom. The number of carbonyl (C=O) groups excluding carboxylic acids is 1. The molecule has 0 fully saturated rings. The topological polar surface area (TPSA) is 42.0 Å². The molecule has 2 rings (SSSR count). The van der Waals surface area contributed by atoms with E-state index in [0.29, 0.717) is 11.0 Å². The van der Waals surface area contributed by atoms with Gasteiger partial charge in [0.2, 0.25) is 0 Å². The number of benzene rings is 1. The van der Waals surface area contributed by atoms with Gasteiger partial charge in [0.15, 0.2) is 0 Å². The molecule has 0 bridgehead atoms. The molecule has 0 radical (unpaired) electrons. The molecule has 1 aromatic heterocycles. The number of pyridine rings is 1. The van der Waals surface area contributed by atoms with E-state index in [-0.39, 0.29) is 11.5 Å². The average molecular weight is 309 g/mol. The predicted octanol–water partition coefficient (Wildman–Crippen LogP) is 2.91. The van der Waals surface area contributed by atoms with E-state index >= 15 is 0 Å². The maximum absolute atomic E-state index is 13.3. The lowest BCUT2D eigenvalue weighted by Gasteiger charge is -2.05. The number of amides is 1. The first-order chi connectivity index (χ1) is 8.66. The molecule has 3 nitrogen and oxygen atoms in total. The van der Waals surface area contributed by atoms with Gasteiger partial charge in [-0.05, 0) is 46.3 Å². The summed E-state index contributed by atoms with van der Waals surface area (Å²) in [5, 5.41) is 2.68. The van der Waals surface area contributed by atoms with Crippen LogP contribution in [0.1, 0.15) is 16.1 Å². The van der Waals surface area contributed by atoms with Gasteiger partial charge in [-0.3, -0.25) is 9.78 Å². The van der Waals surface area contributed by atoms with Crippen molar-refractivity contribution in [3.05, 3.63) is 64.1 Å². The van der Waals surface area contributed by atoms with E-state index in [1.165, 1.54) is 12.1 Å². The van der Waals surface area contributed by atoms with Crippen LogP contribution in [0.15, 0.2) is 47.1 Å². The molecular weight excluding hydrogens is 299 g/mol. The number of nitrogens with one attached hydrogen (secondary N) is 1. The lowest BCUT2D eigenvalue weighted by molar-refractivity contribution is 0.0950. The summed E-state index contributed by atoms with van der Waals surface area (Å²) in [5.74, 6) is -0.785. The van der Waals surface area contributed by atoms with Gasteiger partial charge in [-0.15, -0.1) is 0 Å². The highest BCUT2D eigenvalue weighted by molar-refractivity contribution is 9.10. The minimum absolute atomic E-state index is 0.284. The van der Waals surface area contributed by atoms with Crippen molar-refractivity contribution in [3.63, 3.8) is 0 Å². The molecular formula is C13H10BrFN2O. The maximum Gasteiger partial charge on any atom is 0.251 e. The highest BCUT2D eigenvalue weighted by Gasteiger charge is 2.08. The van der Waals surface area contributed by atoms with E-state index in [2.05, 4.69) is 26.2 Å². The molecule has 2 aromatic rings. The van der Waals surface area contributed by atoms with Crippen LogP contribution >= 0.6 is 15.9 Å². The van der Waals surface area contributed by atoms with Gasteiger partial charge >= 0.3 is 0 Å². The lowest BCUT2D eigenvalue weighted by atomic mass is 10.2. The van der Waals surface area contributed by atoms with Gasteiger partial charge in [0, 0.05) is 11.8 Å². The fourth-order valence-electron chi connectivity index (χ4n) is 1.41. The molecule has 0 aliphatic rings. The minimum atomic E-state index is -0.458. The molecule has 18 heavy (non-hydrogen) atoms. The van der Waals surface area contributed by atoms with Crippen molar-refractivity contribution in [3.8, 4) is 0 Å². The summed E-state index contributed by atoms with van der Waals surface area (Å²) in [6.07, 6.45) is 1.65. The van der Waals surface area contributed by atoms with Crippen LogP contribution in [0.2, 0.25) is 0 Å². The Morgan fingerprint density at radius 3 is 2.83 bits per heavy atom. The van der Waals surface area contributed by atoms with Gasteiger partial charge in [-0.2, -0.15) is 0 Å².